The van der Waals surface area contributed by atoms with Gasteiger partial charge in [0, 0.05) is 18.4 Å². The Morgan fingerprint density at radius 3 is 2.60 bits per heavy atom. The van der Waals surface area contributed by atoms with E-state index in [-0.39, 0.29) is 30.6 Å². The summed E-state index contributed by atoms with van der Waals surface area (Å²) < 4.78 is 12.7. The van der Waals surface area contributed by atoms with Crippen molar-refractivity contribution in [2.24, 2.45) is 0 Å². The molecule has 1 aliphatic heterocycles. The van der Waals surface area contributed by atoms with Gasteiger partial charge >= 0.3 is 0 Å². The van der Waals surface area contributed by atoms with Gasteiger partial charge in [0.2, 0.25) is 5.91 Å². The summed E-state index contributed by atoms with van der Waals surface area (Å²) >= 11 is 0. The molecular weight excluding hydrogens is 384 g/mol. The Kier molecular flexibility index (Phi) is 6.03. The average Bonchev–Trinajstić information content (AvgIpc) is 3.30. The number of hydrogen-bond acceptors (Lipinski definition) is 6. The van der Waals surface area contributed by atoms with Crippen LogP contribution in [0.2, 0.25) is 0 Å². The van der Waals surface area contributed by atoms with Gasteiger partial charge < -0.3 is 14.8 Å². The summed E-state index contributed by atoms with van der Waals surface area (Å²) in [5.41, 5.74) is 1.47. The maximum atomic E-state index is 12.6. The minimum absolute atomic E-state index is 0.0912. The van der Waals surface area contributed by atoms with E-state index in [0.29, 0.717) is 36.8 Å². The van der Waals surface area contributed by atoms with E-state index in [1.54, 1.807) is 29.2 Å². The van der Waals surface area contributed by atoms with Gasteiger partial charge in [0.25, 0.3) is 0 Å². The summed E-state index contributed by atoms with van der Waals surface area (Å²) in [6, 6.07) is 14.5. The zero-order valence-corrected chi connectivity index (χ0v) is 16.4. The summed E-state index contributed by atoms with van der Waals surface area (Å²) in [4.78, 5) is 29.1. The highest BCUT2D eigenvalue weighted by molar-refractivity contribution is 5.98. The van der Waals surface area contributed by atoms with Crippen molar-refractivity contribution in [1.82, 2.24) is 20.1 Å². The van der Waals surface area contributed by atoms with E-state index in [9.17, 15) is 9.59 Å². The lowest BCUT2D eigenvalue weighted by atomic mass is 10.0. The maximum Gasteiger partial charge on any atom is 0.220 e. The van der Waals surface area contributed by atoms with Gasteiger partial charge in [-0.3, -0.25) is 14.3 Å². The molecule has 0 spiro atoms. The van der Waals surface area contributed by atoms with Crippen molar-refractivity contribution in [3.63, 3.8) is 0 Å². The highest BCUT2D eigenvalue weighted by Gasteiger charge is 2.18. The van der Waals surface area contributed by atoms with Crippen molar-refractivity contribution in [1.29, 1.82) is 0 Å². The zero-order chi connectivity index (χ0) is 20.8. The molecule has 1 N–H and O–H groups in total. The van der Waals surface area contributed by atoms with Gasteiger partial charge in [-0.05, 0) is 23.8 Å². The molecule has 8 heteroatoms. The summed E-state index contributed by atoms with van der Waals surface area (Å²) in [6.07, 6.45) is 3.26. The lowest BCUT2D eigenvalue weighted by Gasteiger charge is -2.19. The number of aromatic nitrogens is 3. The van der Waals surface area contributed by atoms with E-state index in [0.717, 1.165) is 5.56 Å². The molecule has 1 amide bonds. The Bertz CT molecular complexity index is 1010. The van der Waals surface area contributed by atoms with Gasteiger partial charge in [-0.25, -0.2) is 4.98 Å². The van der Waals surface area contributed by atoms with E-state index >= 15 is 0 Å². The molecule has 1 atom stereocenters. The predicted molar refractivity (Wildman–Crippen MR) is 108 cm³/mol. The monoisotopic (exact) mass is 406 g/mol. The van der Waals surface area contributed by atoms with E-state index < -0.39 is 0 Å². The normalized spacial score (nSPS) is 13.5. The van der Waals surface area contributed by atoms with Crippen molar-refractivity contribution < 1.29 is 19.1 Å². The molecule has 0 saturated heterocycles. The highest BCUT2D eigenvalue weighted by Crippen LogP contribution is 2.31. The van der Waals surface area contributed by atoms with Gasteiger partial charge in [0.1, 0.15) is 25.9 Å². The predicted octanol–water partition coefficient (Wildman–Crippen LogP) is 2.57. The van der Waals surface area contributed by atoms with Gasteiger partial charge in [0.05, 0.1) is 12.6 Å². The second-order valence-electron chi connectivity index (χ2n) is 6.93. The van der Waals surface area contributed by atoms with Crippen molar-refractivity contribution >= 4 is 11.7 Å². The number of carbonyl (C=O) groups excluding carboxylic acids is 2. The molecule has 3 aromatic rings. The topological polar surface area (TPSA) is 95.3 Å². The Balaban J connectivity index is 1.37. The molecule has 0 fully saturated rings. The third kappa shape index (κ3) is 4.83. The van der Waals surface area contributed by atoms with Crippen LogP contribution in [-0.2, 0) is 11.3 Å². The summed E-state index contributed by atoms with van der Waals surface area (Å²) in [6.45, 7) is 1.41. The number of nitrogens with zero attached hydrogens (tertiary/aromatic N) is 3. The van der Waals surface area contributed by atoms with Gasteiger partial charge in [-0.2, -0.15) is 5.10 Å². The number of nitrogens with one attached hydrogen (secondary N) is 1. The molecule has 0 radical (unpaired) electrons. The number of carbonyl (C=O) groups is 2. The maximum absolute atomic E-state index is 12.6. The number of ether oxygens (including phenoxy) is 2. The van der Waals surface area contributed by atoms with E-state index in [4.69, 9.17) is 9.47 Å². The number of ketones is 1. The largest absolute Gasteiger partial charge is 0.486 e. The molecule has 1 unspecified atom stereocenters. The van der Waals surface area contributed by atoms with Crippen LogP contribution in [0.3, 0.4) is 0 Å². The molecule has 0 saturated carbocycles. The fourth-order valence-electron chi connectivity index (χ4n) is 3.29. The highest BCUT2D eigenvalue weighted by atomic mass is 16.6. The first-order chi connectivity index (χ1) is 14.7. The van der Waals surface area contributed by atoms with Crippen LogP contribution in [0.4, 0.5) is 0 Å². The lowest BCUT2D eigenvalue weighted by Crippen LogP contribution is -2.31. The second-order valence-corrected chi connectivity index (χ2v) is 6.93. The third-order valence-corrected chi connectivity index (χ3v) is 4.82. The molecule has 0 bridgehead atoms. The first-order valence-electron chi connectivity index (χ1n) is 9.78. The first-order valence-corrected chi connectivity index (χ1v) is 9.78. The van der Waals surface area contributed by atoms with Crippen molar-refractivity contribution in [2.45, 2.75) is 25.4 Å². The van der Waals surface area contributed by atoms with E-state index in [1.807, 2.05) is 30.3 Å². The summed E-state index contributed by atoms with van der Waals surface area (Å²) in [5.74, 6) is 0.882. The number of benzene rings is 2. The van der Waals surface area contributed by atoms with Crippen LogP contribution in [0.5, 0.6) is 11.5 Å². The summed E-state index contributed by atoms with van der Waals surface area (Å²) in [7, 11) is 0. The molecule has 30 heavy (non-hydrogen) atoms. The van der Waals surface area contributed by atoms with Crippen LogP contribution in [0.25, 0.3) is 0 Å². The second kappa shape index (κ2) is 9.21. The summed E-state index contributed by atoms with van der Waals surface area (Å²) in [5, 5.41) is 7.12. The Morgan fingerprint density at radius 2 is 1.83 bits per heavy atom. The molecule has 1 aliphatic rings. The van der Waals surface area contributed by atoms with E-state index in [2.05, 4.69) is 15.4 Å². The minimum atomic E-state index is -0.273. The molecule has 2 heterocycles. The Morgan fingerprint density at radius 1 is 1.03 bits per heavy atom. The molecular formula is C22H22N4O4. The van der Waals surface area contributed by atoms with Crippen LogP contribution < -0.4 is 14.8 Å². The number of fused-ring (bicyclic) bond motifs is 1. The Hall–Kier alpha value is -3.68. The number of rotatable bonds is 8. The quantitative estimate of drug-likeness (QED) is 0.578. The lowest BCUT2D eigenvalue weighted by molar-refractivity contribution is -0.121. The molecule has 8 nitrogen and oxygen atoms in total. The fraction of sp³-hybridized carbons (Fsp3) is 0.273. The minimum Gasteiger partial charge on any atom is -0.486 e. The average molecular weight is 406 g/mol. The third-order valence-electron chi connectivity index (χ3n) is 4.82. The first kappa shape index (κ1) is 19.6. The van der Waals surface area contributed by atoms with Crippen molar-refractivity contribution in [3.8, 4) is 11.5 Å². The fourth-order valence-corrected chi connectivity index (χ4v) is 3.29. The van der Waals surface area contributed by atoms with Crippen LogP contribution in [0.1, 0.15) is 34.8 Å². The SMILES string of the molecule is O=C(CCC(=O)c1ccc2c(c1)OCCO2)NC(Cn1cncn1)c1ccccc1. The van der Waals surface area contributed by atoms with Gasteiger partial charge in [-0.1, -0.05) is 30.3 Å². The van der Waals surface area contributed by atoms with Crippen LogP contribution in [-0.4, -0.2) is 39.7 Å². The Labute approximate surface area is 173 Å². The van der Waals surface area contributed by atoms with Crippen LogP contribution in [0, 0.1) is 0 Å². The van der Waals surface area contributed by atoms with Crippen LogP contribution in [0.15, 0.2) is 61.2 Å². The molecule has 1 aromatic heterocycles. The van der Waals surface area contributed by atoms with Crippen molar-refractivity contribution in [2.75, 3.05) is 13.2 Å². The van der Waals surface area contributed by atoms with Gasteiger partial charge in [0.15, 0.2) is 17.3 Å². The number of amides is 1. The van der Waals surface area contributed by atoms with Crippen LogP contribution >= 0.6 is 0 Å². The standard InChI is InChI=1S/C22H22N4O4/c27-19(17-6-8-20-21(12-17)30-11-10-29-20)7-9-22(28)25-18(13-26-15-23-14-24-26)16-4-2-1-3-5-16/h1-6,8,12,14-15,18H,7,9-11,13H2,(H,25,28). The smallest absolute Gasteiger partial charge is 0.220 e. The zero-order valence-electron chi connectivity index (χ0n) is 16.4. The molecule has 2 aromatic carbocycles. The number of hydrogen-bond donors (Lipinski definition) is 1. The number of Topliss-reactive ketones (excluding diaryl/α,β-unsaturated/α-hetero) is 1. The van der Waals surface area contributed by atoms with Gasteiger partial charge in [-0.15, -0.1) is 0 Å². The van der Waals surface area contributed by atoms with Crippen molar-refractivity contribution in [3.05, 3.63) is 72.3 Å². The molecule has 4 rings (SSSR count). The molecule has 154 valence electrons. The molecule has 0 aliphatic carbocycles. The van der Waals surface area contributed by atoms with E-state index in [1.165, 1.54) is 6.33 Å².